The van der Waals surface area contributed by atoms with Crippen LogP contribution >= 0.6 is 15.9 Å². The van der Waals surface area contributed by atoms with Crippen LogP contribution in [0.25, 0.3) is 11.1 Å². The molecule has 1 heterocycles. The molecule has 70 valence electrons. The predicted molar refractivity (Wildman–Crippen MR) is 59.6 cm³/mol. The molecule has 0 radical (unpaired) electrons. The van der Waals surface area contributed by atoms with E-state index in [9.17, 15) is 0 Å². The molecule has 0 fully saturated rings. The molecule has 2 N–H and O–H groups in total. The summed E-state index contributed by atoms with van der Waals surface area (Å²) in [4.78, 5) is 8.08. The van der Waals surface area contributed by atoms with Crippen LogP contribution in [0.5, 0.6) is 0 Å². The number of benzene rings is 1. The number of halogens is 1. The molecule has 0 aliphatic rings. The van der Waals surface area contributed by atoms with Gasteiger partial charge < -0.3 is 5.73 Å². The Hall–Kier alpha value is -1.42. The zero-order chi connectivity index (χ0) is 9.97. The van der Waals surface area contributed by atoms with Crippen molar-refractivity contribution < 1.29 is 0 Å². The maximum Gasteiger partial charge on any atom is 0.198 e. The van der Waals surface area contributed by atoms with Gasteiger partial charge in [-0.1, -0.05) is 30.3 Å². The van der Waals surface area contributed by atoms with Gasteiger partial charge in [-0.2, -0.15) is 0 Å². The number of rotatable bonds is 1. The highest BCUT2D eigenvalue weighted by Crippen LogP contribution is 2.23. The summed E-state index contributed by atoms with van der Waals surface area (Å²) in [7, 11) is 0. The molecule has 4 heteroatoms. The summed E-state index contributed by atoms with van der Waals surface area (Å²) in [5.41, 5.74) is 7.65. The Labute approximate surface area is 90.1 Å². The molecule has 0 spiro atoms. The van der Waals surface area contributed by atoms with Crippen molar-refractivity contribution in [3.05, 3.63) is 41.3 Å². The van der Waals surface area contributed by atoms with Gasteiger partial charge in [0.1, 0.15) is 5.82 Å². The molecule has 2 rings (SSSR count). The topological polar surface area (TPSA) is 51.8 Å². The van der Waals surface area contributed by atoms with E-state index in [2.05, 4.69) is 25.9 Å². The average Bonchev–Trinajstić information content (AvgIpc) is 2.19. The van der Waals surface area contributed by atoms with E-state index in [4.69, 9.17) is 5.73 Å². The predicted octanol–water partition coefficient (Wildman–Crippen LogP) is 2.49. The van der Waals surface area contributed by atoms with Crippen LogP contribution in [0.4, 0.5) is 5.82 Å². The quantitative estimate of drug-likeness (QED) is 0.791. The van der Waals surface area contributed by atoms with Crippen molar-refractivity contribution in [2.45, 2.75) is 0 Å². The van der Waals surface area contributed by atoms with Crippen LogP contribution in [0.15, 0.2) is 41.3 Å². The first-order valence-electron chi connectivity index (χ1n) is 4.11. The van der Waals surface area contributed by atoms with E-state index in [1.807, 2.05) is 30.3 Å². The summed E-state index contributed by atoms with van der Waals surface area (Å²) in [6.07, 6.45) is 1.71. The standard InChI is InChI=1S/C10H8BrN3/c11-10-13-6-8(9(12)14-10)7-4-2-1-3-5-7/h1-6H,(H2,12,13,14). The molecular formula is C10H8BrN3. The molecule has 3 nitrogen and oxygen atoms in total. The minimum atomic E-state index is 0.484. The maximum absolute atomic E-state index is 5.77. The van der Waals surface area contributed by atoms with Gasteiger partial charge in [0.25, 0.3) is 0 Å². The molecular weight excluding hydrogens is 242 g/mol. The lowest BCUT2D eigenvalue weighted by Gasteiger charge is -2.03. The summed E-state index contributed by atoms with van der Waals surface area (Å²) < 4.78 is 0.509. The molecule has 2 aromatic rings. The van der Waals surface area contributed by atoms with E-state index in [0.717, 1.165) is 11.1 Å². The number of nitrogens with zero attached hydrogens (tertiary/aromatic N) is 2. The fourth-order valence-electron chi connectivity index (χ4n) is 1.21. The third-order valence-electron chi connectivity index (χ3n) is 1.87. The number of nitrogens with two attached hydrogens (primary N) is 1. The highest BCUT2D eigenvalue weighted by atomic mass is 79.9. The molecule has 14 heavy (non-hydrogen) atoms. The van der Waals surface area contributed by atoms with Gasteiger partial charge >= 0.3 is 0 Å². The molecule has 0 atom stereocenters. The number of aromatic nitrogens is 2. The summed E-state index contributed by atoms with van der Waals surface area (Å²) in [5.74, 6) is 0.484. The zero-order valence-corrected chi connectivity index (χ0v) is 8.90. The highest BCUT2D eigenvalue weighted by Gasteiger charge is 2.03. The summed E-state index contributed by atoms with van der Waals surface area (Å²) in [6, 6.07) is 9.82. The average molecular weight is 250 g/mol. The van der Waals surface area contributed by atoms with E-state index in [1.54, 1.807) is 6.20 Å². The second kappa shape index (κ2) is 3.75. The number of hydrogen-bond acceptors (Lipinski definition) is 3. The maximum atomic E-state index is 5.77. The van der Waals surface area contributed by atoms with E-state index < -0.39 is 0 Å². The van der Waals surface area contributed by atoms with Crippen LogP contribution in [0, 0.1) is 0 Å². The van der Waals surface area contributed by atoms with E-state index >= 15 is 0 Å². The van der Waals surface area contributed by atoms with Crippen molar-refractivity contribution >= 4 is 21.7 Å². The number of anilines is 1. The van der Waals surface area contributed by atoms with Crippen LogP contribution in [0.1, 0.15) is 0 Å². The monoisotopic (exact) mass is 249 g/mol. The van der Waals surface area contributed by atoms with Gasteiger partial charge in [-0.25, -0.2) is 9.97 Å². The first kappa shape index (κ1) is 9.15. The van der Waals surface area contributed by atoms with Gasteiger partial charge in [-0.3, -0.25) is 0 Å². The minimum Gasteiger partial charge on any atom is -0.383 e. The Morgan fingerprint density at radius 1 is 1.14 bits per heavy atom. The van der Waals surface area contributed by atoms with Gasteiger partial charge in [0, 0.05) is 11.8 Å². The third kappa shape index (κ3) is 1.75. The van der Waals surface area contributed by atoms with Crippen molar-refractivity contribution in [3.8, 4) is 11.1 Å². The van der Waals surface area contributed by atoms with Crippen LogP contribution in [0.2, 0.25) is 0 Å². The Kier molecular flexibility index (Phi) is 2.45. The van der Waals surface area contributed by atoms with Crippen LogP contribution in [-0.2, 0) is 0 Å². The van der Waals surface area contributed by atoms with Gasteiger partial charge in [0.05, 0.1) is 0 Å². The molecule has 1 aromatic heterocycles. The molecule has 0 bridgehead atoms. The molecule has 0 unspecified atom stereocenters. The van der Waals surface area contributed by atoms with E-state index in [1.165, 1.54) is 0 Å². The second-order valence-corrected chi connectivity index (χ2v) is 3.51. The Balaban J connectivity index is 2.53. The van der Waals surface area contributed by atoms with Crippen molar-refractivity contribution in [2.24, 2.45) is 0 Å². The van der Waals surface area contributed by atoms with Crippen molar-refractivity contribution in [1.82, 2.24) is 9.97 Å². The Bertz CT molecular complexity index is 442. The SMILES string of the molecule is Nc1nc(Br)ncc1-c1ccccc1. The molecule has 1 aromatic carbocycles. The third-order valence-corrected chi connectivity index (χ3v) is 2.26. The molecule has 0 aliphatic carbocycles. The minimum absolute atomic E-state index is 0.484. The lowest BCUT2D eigenvalue weighted by molar-refractivity contribution is 1.12. The first-order chi connectivity index (χ1) is 6.77. The lowest BCUT2D eigenvalue weighted by Crippen LogP contribution is -1.96. The lowest BCUT2D eigenvalue weighted by atomic mass is 10.1. The van der Waals surface area contributed by atoms with Crippen molar-refractivity contribution in [1.29, 1.82) is 0 Å². The number of nitrogen functional groups attached to an aromatic ring is 1. The van der Waals surface area contributed by atoms with Gasteiger partial charge in [0.15, 0.2) is 4.73 Å². The summed E-state index contributed by atoms with van der Waals surface area (Å²) in [5, 5.41) is 0. The summed E-state index contributed by atoms with van der Waals surface area (Å²) >= 11 is 3.17. The summed E-state index contributed by atoms with van der Waals surface area (Å²) in [6.45, 7) is 0. The fraction of sp³-hybridized carbons (Fsp3) is 0. The highest BCUT2D eigenvalue weighted by molar-refractivity contribution is 9.10. The van der Waals surface area contributed by atoms with Crippen molar-refractivity contribution in [2.75, 3.05) is 5.73 Å². The normalized spacial score (nSPS) is 10.1. The molecule has 0 saturated carbocycles. The van der Waals surface area contributed by atoms with Crippen LogP contribution < -0.4 is 5.73 Å². The van der Waals surface area contributed by atoms with Gasteiger partial charge in [0.2, 0.25) is 0 Å². The largest absolute Gasteiger partial charge is 0.383 e. The Morgan fingerprint density at radius 3 is 2.50 bits per heavy atom. The second-order valence-electron chi connectivity index (χ2n) is 2.80. The van der Waals surface area contributed by atoms with E-state index in [0.29, 0.717) is 10.6 Å². The molecule has 0 aliphatic heterocycles. The van der Waals surface area contributed by atoms with Gasteiger partial charge in [-0.05, 0) is 21.5 Å². The van der Waals surface area contributed by atoms with E-state index in [-0.39, 0.29) is 0 Å². The van der Waals surface area contributed by atoms with Crippen LogP contribution in [0.3, 0.4) is 0 Å². The fourth-order valence-corrected chi connectivity index (χ4v) is 1.51. The first-order valence-corrected chi connectivity index (χ1v) is 4.90. The molecule has 0 amide bonds. The molecule has 0 saturated heterocycles. The van der Waals surface area contributed by atoms with Gasteiger partial charge in [-0.15, -0.1) is 0 Å². The van der Waals surface area contributed by atoms with Crippen molar-refractivity contribution in [3.63, 3.8) is 0 Å². The Morgan fingerprint density at radius 2 is 1.86 bits per heavy atom. The van der Waals surface area contributed by atoms with Crippen LogP contribution in [-0.4, -0.2) is 9.97 Å². The zero-order valence-electron chi connectivity index (χ0n) is 7.31. The smallest absolute Gasteiger partial charge is 0.198 e. The number of hydrogen-bond donors (Lipinski definition) is 1.